The van der Waals surface area contributed by atoms with Crippen molar-refractivity contribution in [2.75, 3.05) is 0 Å². The molecule has 0 aliphatic rings. The zero-order valence-electron chi connectivity index (χ0n) is 15.0. The third-order valence-electron chi connectivity index (χ3n) is 3.47. The van der Waals surface area contributed by atoms with E-state index in [1.165, 1.54) is 18.2 Å². The van der Waals surface area contributed by atoms with Crippen molar-refractivity contribution in [2.24, 2.45) is 0 Å². The quantitative estimate of drug-likeness (QED) is 0.256. The number of carbonyl (C=O) groups excluding carboxylic acids is 1. The molecule has 0 heterocycles. The van der Waals surface area contributed by atoms with Gasteiger partial charge < -0.3 is 15.3 Å². The van der Waals surface area contributed by atoms with Gasteiger partial charge in [-0.2, -0.15) is 0 Å². The maximum Gasteiger partial charge on any atom is 0.163 e. The van der Waals surface area contributed by atoms with Gasteiger partial charge in [0.25, 0.3) is 0 Å². The number of rotatable bonds is 8. The number of carbonyl (C=O) groups is 1. The third kappa shape index (κ3) is 7.57. The first-order valence-corrected chi connectivity index (χ1v) is 8.27. The molecule has 0 unspecified atom stereocenters. The Morgan fingerprint density at radius 2 is 1.72 bits per heavy atom. The van der Waals surface area contributed by atoms with Crippen LogP contribution in [-0.4, -0.2) is 21.1 Å². The number of aliphatic hydroxyl groups is 2. The van der Waals surface area contributed by atoms with Gasteiger partial charge in [0.2, 0.25) is 0 Å². The van der Waals surface area contributed by atoms with E-state index in [2.05, 4.69) is 0 Å². The molecular weight excluding hydrogens is 316 g/mol. The Labute approximate surface area is 149 Å². The first-order valence-electron chi connectivity index (χ1n) is 8.27. The molecule has 3 N–H and O–H groups in total. The zero-order valence-corrected chi connectivity index (χ0v) is 15.0. The summed E-state index contributed by atoms with van der Waals surface area (Å²) in [4.78, 5) is 12.1. The highest BCUT2D eigenvalue weighted by molar-refractivity contribution is 5.94. The Kier molecular flexibility index (Phi) is 8.27. The molecular formula is C21H26O4. The second kappa shape index (κ2) is 10.2. The van der Waals surface area contributed by atoms with E-state index in [4.69, 9.17) is 0 Å². The molecule has 0 bridgehead atoms. The predicted octanol–water partition coefficient (Wildman–Crippen LogP) is 5.38. The van der Waals surface area contributed by atoms with E-state index in [0.717, 1.165) is 11.1 Å². The summed E-state index contributed by atoms with van der Waals surface area (Å²) in [5, 5.41) is 29.6. The fourth-order valence-electron chi connectivity index (χ4n) is 2.10. The van der Waals surface area contributed by atoms with Gasteiger partial charge in [-0.1, -0.05) is 36.8 Å². The minimum absolute atomic E-state index is 0.00724. The molecule has 25 heavy (non-hydrogen) atoms. The van der Waals surface area contributed by atoms with Crippen LogP contribution in [0.25, 0.3) is 6.08 Å². The Morgan fingerprint density at radius 3 is 2.28 bits per heavy atom. The highest BCUT2D eigenvalue weighted by Crippen LogP contribution is 2.20. The van der Waals surface area contributed by atoms with Crippen molar-refractivity contribution in [3.05, 3.63) is 70.7 Å². The van der Waals surface area contributed by atoms with Crippen LogP contribution < -0.4 is 0 Å². The van der Waals surface area contributed by atoms with Crippen LogP contribution >= 0.6 is 0 Å². The third-order valence-corrected chi connectivity index (χ3v) is 3.47. The molecule has 0 saturated carbocycles. The van der Waals surface area contributed by atoms with E-state index < -0.39 is 0 Å². The first kappa shape index (κ1) is 20.3. The number of aliphatic hydroxyl groups excluding tert-OH is 2. The van der Waals surface area contributed by atoms with Crippen molar-refractivity contribution in [1.82, 2.24) is 0 Å². The predicted molar refractivity (Wildman–Crippen MR) is 101 cm³/mol. The van der Waals surface area contributed by atoms with E-state index >= 15 is 0 Å². The molecule has 0 atom stereocenters. The molecule has 0 aromatic heterocycles. The molecule has 0 aliphatic heterocycles. The van der Waals surface area contributed by atoms with Crippen molar-refractivity contribution < 1.29 is 20.1 Å². The maximum atomic E-state index is 12.1. The molecule has 1 aromatic rings. The fourth-order valence-corrected chi connectivity index (χ4v) is 2.10. The molecule has 0 amide bonds. The summed E-state index contributed by atoms with van der Waals surface area (Å²) in [5.41, 5.74) is 2.20. The summed E-state index contributed by atoms with van der Waals surface area (Å²) in [6.45, 7) is 5.75. The lowest BCUT2D eigenvalue weighted by Crippen LogP contribution is -2.01. The van der Waals surface area contributed by atoms with Gasteiger partial charge in [0.05, 0.1) is 6.42 Å². The molecule has 0 aliphatic carbocycles. The van der Waals surface area contributed by atoms with Crippen LogP contribution in [0.4, 0.5) is 0 Å². The number of hydrogen-bond acceptors (Lipinski definition) is 4. The van der Waals surface area contributed by atoms with Crippen molar-refractivity contribution in [3.8, 4) is 5.75 Å². The monoisotopic (exact) mass is 342 g/mol. The van der Waals surface area contributed by atoms with Crippen molar-refractivity contribution in [1.29, 1.82) is 0 Å². The Bertz CT molecular complexity index is 700. The minimum Gasteiger partial charge on any atom is -0.511 e. The number of hydrogen-bond donors (Lipinski definition) is 3. The summed E-state index contributed by atoms with van der Waals surface area (Å²) < 4.78 is 0. The van der Waals surface area contributed by atoms with Crippen LogP contribution in [0.5, 0.6) is 5.75 Å². The molecule has 0 fully saturated rings. The van der Waals surface area contributed by atoms with Crippen LogP contribution in [0.15, 0.2) is 65.2 Å². The van der Waals surface area contributed by atoms with Gasteiger partial charge in [0.1, 0.15) is 17.3 Å². The van der Waals surface area contributed by atoms with Gasteiger partial charge in [-0.15, -0.1) is 0 Å². The summed E-state index contributed by atoms with van der Waals surface area (Å²) in [5.74, 6) is -0.233. The van der Waals surface area contributed by atoms with E-state index in [-0.39, 0.29) is 29.5 Å². The van der Waals surface area contributed by atoms with E-state index in [1.807, 2.05) is 26.8 Å². The fraction of sp³-hybridized carbons (Fsp3) is 0.286. The van der Waals surface area contributed by atoms with E-state index in [9.17, 15) is 20.1 Å². The average Bonchev–Trinajstić information content (AvgIpc) is 2.54. The average molecular weight is 342 g/mol. The highest BCUT2D eigenvalue weighted by atomic mass is 16.3. The Balaban J connectivity index is 2.91. The number of phenols is 1. The van der Waals surface area contributed by atoms with Crippen LogP contribution in [0.3, 0.4) is 0 Å². The van der Waals surface area contributed by atoms with Crippen molar-refractivity contribution in [3.63, 3.8) is 0 Å². The number of aromatic hydroxyl groups is 1. The number of benzene rings is 1. The van der Waals surface area contributed by atoms with E-state index in [0.29, 0.717) is 18.4 Å². The highest BCUT2D eigenvalue weighted by Gasteiger charge is 2.12. The first-order chi connectivity index (χ1) is 11.8. The number of phenolic OH excluding ortho intramolecular Hbond substituents is 1. The summed E-state index contributed by atoms with van der Waals surface area (Å²) in [6.07, 6.45) is 7.32. The molecule has 0 spiro atoms. The normalized spacial score (nSPS) is 12.8. The minimum atomic E-state index is -0.274. The van der Waals surface area contributed by atoms with Gasteiger partial charge in [-0.3, -0.25) is 4.79 Å². The standard InChI is InChI=1S/C21H26O4/c1-4-5-20(24)19(13-6-15(2)3)21(25)14-18(23)12-9-16-7-10-17(22)11-8-16/h5-12,22,24-25H,4,13-14H2,1-3H3/b12-9+,20-5+,21-19+. The molecule has 4 heteroatoms. The lowest BCUT2D eigenvalue weighted by molar-refractivity contribution is -0.114. The molecule has 0 saturated heterocycles. The van der Waals surface area contributed by atoms with Crippen LogP contribution in [0.1, 0.15) is 45.6 Å². The molecule has 134 valence electrons. The largest absolute Gasteiger partial charge is 0.511 e. The van der Waals surface area contributed by atoms with Gasteiger partial charge in [-0.25, -0.2) is 0 Å². The second-order valence-electron chi connectivity index (χ2n) is 5.98. The molecule has 1 aromatic carbocycles. The van der Waals surface area contributed by atoms with Crippen molar-refractivity contribution in [2.45, 2.75) is 40.0 Å². The van der Waals surface area contributed by atoms with Crippen LogP contribution in [0, 0.1) is 0 Å². The van der Waals surface area contributed by atoms with Gasteiger partial charge in [0, 0.05) is 5.57 Å². The Hall–Kier alpha value is -2.75. The number of allylic oxidation sites excluding steroid dienone is 6. The molecule has 1 rings (SSSR count). The zero-order chi connectivity index (χ0) is 18.8. The lowest BCUT2D eigenvalue weighted by atomic mass is 10.0. The smallest absolute Gasteiger partial charge is 0.163 e. The van der Waals surface area contributed by atoms with Gasteiger partial charge >= 0.3 is 0 Å². The van der Waals surface area contributed by atoms with Crippen molar-refractivity contribution >= 4 is 11.9 Å². The SMILES string of the molecule is CC/C=C(O)\C(CC=C(C)C)=C(\O)CC(=O)/C=C/c1ccc(O)cc1. The van der Waals surface area contributed by atoms with E-state index in [1.54, 1.807) is 24.3 Å². The molecule has 4 nitrogen and oxygen atoms in total. The number of ketones is 1. The van der Waals surface area contributed by atoms with Crippen LogP contribution in [0.2, 0.25) is 0 Å². The summed E-state index contributed by atoms with van der Waals surface area (Å²) in [6, 6.07) is 6.44. The van der Waals surface area contributed by atoms with Gasteiger partial charge in [-0.05, 0) is 56.5 Å². The van der Waals surface area contributed by atoms with Crippen LogP contribution in [-0.2, 0) is 4.79 Å². The lowest BCUT2D eigenvalue weighted by Gasteiger charge is -2.08. The maximum absolute atomic E-state index is 12.1. The van der Waals surface area contributed by atoms with Gasteiger partial charge in [0.15, 0.2) is 5.78 Å². The summed E-state index contributed by atoms with van der Waals surface area (Å²) >= 11 is 0. The second-order valence-corrected chi connectivity index (χ2v) is 5.98. The topological polar surface area (TPSA) is 77.8 Å². The molecule has 0 radical (unpaired) electrons. The summed E-state index contributed by atoms with van der Waals surface area (Å²) in [7, 11) is 0. The Morgan fingerprint density at radius 1 is 1.08 bits per heavy atom.